The molecular formula is C18H19N3O3. The number of ether oxygens (including phenoxy) is 2. The molecule has 0 aliphatic rings. The molecule has 0 spiro atoms. The lowest BCUT2D eigenvalue weighted by atomic mass is 10.00. The van der Waals surface area contributed by atoms with Crippen LogP contribution in [0.15, 0.2) is 30.3 Å². The van der Waals surface area contributed by atoms with Crippen LogP contribution in [0.4, 0.5) is 0 Å². The van der Waals surface area contributed by atoms with Gasteiger partial charge < -0.3 is 14.6 Å². The molecule has 0 saturated carbocycles. The standard InChI is InChI=1S/C18H19N3O3/c1-10-7-13(9-16(24-4)11(10)2)18-17(19-21-20-18)12-5-6-15(23-3)14(22)8-12/h5-9,22H,1-4H3,(H,19,20,21). The summed E-state index contributed by atoms with van der Waals surface area (Å²) in [6.45, 7) is 4.05. The monoisotopic (exact) mass is 325 g/mol. The van der Waals surface area contributed by atoms with Gasteiger partial charge in [-0.1, -0.05) is 5.21 Å². The lowest BCUT2D eigenvalue weighted by Gasteiger charge is -2.11. The van der Waals surface area contributed by atoms with E-state index in [0.717, 1.165) is 33.7 Å². The Morgan fingerprint density at radius 3 is 2.38 bits per heavy atom. The van der Waals surface area contributed by atoms with Gasteiger partial charge in [0.05, 0.1) is 19.9 Å². The molecule has 1 aromatic heterocycles. The van der Waals surface area contributed by atoms with Crippen LogP contribution in [0.3, 0.4) is 0 Å². The van der Waals surface area contributed by atoms with E-state index in [9.17, 15) is 5.11 Å². The first-order chi connectivity index (χ1) is 11.5. The van der Waals surface area contributed by atoms with Crippen molar-refractivity contribution >= 4 is 0 Å². The highest BCUT2D eigenvalue weighted by Crippen LogP contribution is 2.36. The lowest BCUT2D eigenvalue weighted by Crippen LogP contribution is -1.93. The smallest absolute Gasteiger partial charge is 0.160 e. The maximum atomic E-state index is 10.0. The number of methoxy groups -OCH3 is 2. The van der Waals surface area contributed by atoms with E-state index in [1.54, 1.807) is 19.2 Å². The van der Waals surface area contributed by atoms with Crippen molar-refractivity contribution in [3.8, 4) is 39.8 Å². The van der Waals surface area contributed by atoms with Crippen LogP contribution in [0.1, 0.15) is 11.1 Å². The van der Waals surface area contributed by atoms with Gasteiger partial charge in [0, 0.05) is 11.1 Å². The first kappa shape index (κ1) is 15.9. The number of hydrogen-bond donors (Lipinski definition) is 2. The summed E-state index contributed by atoms with van der Waals surface area (Å²) in [6.07, 6.45) is 0. The van der Waals surface area contributed by atoms with Gasteiger partial charge >= 0.3 is 0 Å². The lowest BCUT2D eigenvalue weighted by molar-refractivity contribution is 0.373. The normalized spacial score (nSPS) is 10.7. The SMILES string of the molecule is COc1ccc(-c2[nH]nnc2-c2cc(C)c(C)c(OC)c2)cc1O. The van der Waals surface area contributed by atoms with Crippen LogP contribution in [0, 0.1) is 13.8 Å². The van der Waals surface area contributed by atoms with Gasteiger partial charge in [0.15, 0.2) is 11.5 Å². The highest BCUT2D eigenvalue weighted by Gasteiger charge is 2.16. The van der Waals surface area contributed by atoms with E-state index in [2.05, 4.69) is 15.4 Å². The number of aromatic amines is 1. The van der Waals surface area contributed by atoms with Gasteiger partial charge in [0.1, 0.15) is 11.4 Å². The average molecular weight is 325 g/mol. The Morgan fingerprint density at radius 2 is 1.71 bits per heavy atom. The van der Waals surface area contributed by atoms with Gasteiger partial charge in [-0.2, -0.15) is 0 Å². The molecule has 3 aromatic rings. The highest BCUT2D eigenvalue weighted by atomic mass is 16.5. The third-order valence-corrected chi connectivity index (χ3v) is 4.13. The Bertz CT molecular complexity index is 887. The van der Waals surface area contributed by atoms with E-state index in [0.29, 0.717) is 11.4 Å². The molecule has 124 valence electrons. The highest BCUT2D eigenvalue weighted by molar-refractivity contribution is 5.79. The molecule has 0 saturated heterocycles. The average Bonchev–Trinajstić information content (AvgIpc) is 3.06. The molecule has 6 heteroatoms. The summed E-state index contributed by atoms with van der Waals surface area (Å²) in [4.78, 5) is 0. The third kappa shape index (κ3) is 2.67. The van der Waals surface area contributed by atoms with Crippen molar-refractivity contribution in [1.82, 2.24) is 15.4 Å². The molecule has 0 atom stereocenters. The zero-order chi connectivity index (χ0) is 17.3. The van der Waals surface area contributed by atoms with Crippen molar-refractivity contribution in [1.29, 1.82) is 0 Å². The van der Waals surface area contributed by atoms with Crippen LogP contribution in [-0.4, -0.2) is 34.7 Å². The van der Waals surface area contributed by atoms with E-state index in [-0.39, 0.29) is 5.75 Å². The Hall–Kier alpha value is -3.02. The number of benzene rings is 2. The van der Waals surface area contributed by atoms with Gasteiger partial charge in [0.2, 0.25) is 0 Å². The molecule has 0 unspecified atom stereocenters. The number of aromatic nitrogens is 3. The second-order valence-electron chi connectivity index (χ2n) is 5.54. The molecule has 6 nitrogen and oxygen atoms in total. The zero-order valence-corrected chi connectivity index (χ0v) is 14.0. The van der Waals surface area contributed by atoms with Crippen LogP contribution in [0.2, 0.25) is 0 Å². The van der Waals surface area contributed by atoms with E-state index in [1.165, 1.54) is 7.11 Å². The Kier molecular flexibility index (Phi) is 4.12. The number of aromatic hydroxyl groups is 1. The molecule has 0 bridgehead atoms. The minimum Gasteiger partial charge on any atom is -0.504 e. The number of rotatable bonds is 4. The number of aryl methyl sites for hydroxylation is 1. The number of phenols is 1. The summed E-state index contributed by atoms with van der Waals surface area (Å²) in [5.41, 5.74) is 5.28. The fourth-order valence-corrected chi connectivity index (χ4v) is 2.65. The molecular weight excluding hydrogens is 306 g/mol. The van der Waals surface area contributed by atoms with E-state index in [4.69, 9.17) is 9.47 Å². The number of nitrogens with zero attached hydrogens (tertiary/aromatic N) is 2. The Morgan fingerprint density at radius 1 is 0.958 bits per heavy atom. The number of hydrogen-bond acceptors (Lipinski definition) is 5. The quantitative estimate of drug-likeness (QED) is 0.767. The van der Waals surface area contributed by atoms with Crippen molar-refractivity contribution in [2.75, 3.05) is 14.2 Å². The minimum absolute atomic E-state index is 0.0632. The van der Waals surface area contributed by atoms with Crippen molar-refractivity contribution in [3.05, 3.63) is 41.5 Å². The summed E-state index contributed by atoms with van der Waals surface area (Å²) in [6, 6.07) is 9.15. The van der Waals surface area contributed by atoms with E-state index < -0.39 is 0 Å². The molecule has 0 aliphatic carbocycles. The fraction of sp³-hybridized carbons (Fsp3) is 0.222. The first-order valence-corrected chi connectivity index (χ1v) is 7.49. The number of H-pyrrole nitrogens is 1. The van der Waals surface area contributed by atoms with Crippen molar-refractivity contribution in [2.45, 2.75) is 13.8 Å². The second kappa shape index (κ2) is 6.23. The van der Waals surface area contributed by atoms with E-state index in [1.807, 2.05) is 32.0 Å². The van der Waals surface area contributed by atoms with Crippen LogP contribution >= 0.6 is 0 Å². The van der Waals surface area contributed by atoms with Crippen molar-refractivity contribution in [3.63, 3.8) is 0 Å². The maximum Gasteiger partial charge on any atom is 0.160 e. The van der Waals surface area contributed by atoms with Crippen LogP contribution in [-0.2, 0) is 0 Å². The van der Waals surface area contributed by atoms with Crippen LogP contribution < -0.4 is 9.47 Å². The fourth-order valence-electron chi connectivity index (χ4n) is 2.65. The molecule has 0 aliphatic heterocycles. The second-order valence-corrected chi connectivity index (χ2v) is 5.54. The molecule has 3 rings (SSSR count). The van der Waals surface area contributed by atoms with Crippen LogP contribution in [0.5, 0.6) is 17.2 Å². The largest absolute Gasteiger partial charge is 0.504 e. The molecule has 1 heterocycles. The number of nitrogens with one attached hydrogen (secondary N) is 1. The summed E-state index contributed by atoms with van der Waals surface area (Å²) < 4.78 is 10.5. The molecule has 0 radical (unpaired) electrons. The van der Waals surface area contributed by atoms with Gasteiger partial charge in [-0.25, -0.2) is 0 Å². The predicted octanol–water partition coefficient (Wildman–Crippen LogP) is 3.48. The third-order valence-electron chi connectivity index (χ3n) is 4.13. The maximum absolute atomic E-state index is 10.0. The summed E-state index contributed by atoms with van der Waals surface area (Å²) in [5.74, 6) is 1.28. The Balaban J connectivity index is 2.12. The van der Waals surface area contributed by atoms with Gasteiger partial charge in [-0.05, 0) is 55.3 Å². The zero-order valence-electron chi connectivity index (χ0n) is 14.0. The molecule has 0 fully saturated rings. The molecule has 24 heavy (non-hydrogen) atoms. The first-order valence-electron chi connectivity index (χ1n) is 7.49. The Labute approximate surface area is 140 Å². The van der Waals surface area contributed by atoms with Gasteiger partial charge in [-0.3, -0.25) is 5.10 Å². The van der Waals surface area contributed by atoms with Gasteiger partial charge in [0.25, 0.3) is 0 Å². The number of phenolic OH excluding ortho intramolecular Hbond substituents is 1. The van der Waals surface area contributed by atoms with E-state index >= 15 is 0 Å². The molecule has 2 aromatic carbocycles. The van der Waals surface area contributed by atoms with Crippen LogP contribution in [0.25, 0.3) is 22.5 Å². The summed E-state index contributed by atoms with van der Waals surface area (Å²) in [5, 5.41) is 21.1. The topological polar surface area (TPSA) is 80.3 Å². The summed E-state index contributed by atoms with van der Waals surface area (Å²) >= 11 is 0. The molecule has 0 amide bonds. The summed E-state index contributed by atoms with van der Waals surface area (Å²) in [7, 11) is 3.16. The molecule has 2 N–H and O–H groups in total. The minimum atomic E-state index is 0.0632. The predicted molar refractivity (Wildman–Crippen MR) is 91.5 cm³/mol. The van der Waals surface area contributed by atoms with Crippen molar-refractivity contribution in [2.24, 2.45) is 0 Å². The van der Waals surface area contributed by atoms with Crippen molar-refractivity contribution < 1.29 is 14.6 Å². The van der Waals surface area contributed by atoms with Gasteiger partial charge in [-0.15, -0.1) is 5.10 Å².